The van der Waals surface area contributed by atoms with Crippen LogP contribution in [-0.4, -0.2) is 40.0 Å². The van der Waals surface area contributed by atoms with Crippen LogP contribution >= 0.6 is 11.8 Å². The van der Waals surface area contributed by atoms with E-state index in [4.69, 9.17) is 0 Å². The first kappa shape index (κ1) is 17.2. The molecule has 0 spiro atoms. The van der Waals surface area contributed by atoms with Crippen LogP contribution < -0.4 is 5.32 Å². The molecule has 1 atom stereocenters. The number of hydrogen-bond acceptors (Lipinski definition) is 3. The fourth-order valence-corrected chi connectivity index (χ4v) is 3.61. The molecule has 2 N–H and O–H groups in total. The van der Waals surface area contributed by atoms with Gasteiger partial charge in [-0.2, -0.15) is 0 Å². The number of benzene rings is 1. The second-order valence-electron chi connectivity index (χ2n) is 6.86. The number of aryl methyl sites for hydroxylation is 1. The second-order valence-corrected chi connectivity index (χ2v) is 8.76. The molecule has 4 nitrogen and oxygen atoms in total. The molecule has 0 saturated carbocycles. The molecule has 0 bridgehead atoms. The van der Waals surface area contributed by atoms with Crippen molar-refractivity contribution in [2.45, 2.75) is 56.3 Å². The molecule has 0 aromatic heterocycles. The van der Waals surface area contributed by atoms with Gasteiger partial charge < -0.3 is 15.3 Å². The number of aliphatic hydroxyl groups is 1. The standard InChI is InChI=1S/C17H26N2O2S/c1-12-10-14(22-17(2,3)4)7-8-15(12)18-16(21)19-9-5-6-13(20)11-19/h7-8,10,13,20H,5-6,9,11H2,1-4H3,(H,18,21). The maximum atomic E-state index is 12.3. The Morgan fingerprint density at radius 2 is 2.14 bits per heavy atom. The van der Waals surface area contributed by atoms with Gasteiger partial charge in [-0.15, -0.1) is 11.8 Å². The van der Waals surface area contributed by atoms with Crippen molar-refractivity contribution in [1.82, 2.24) is 4.90 Å². The zero-order valence-electron chi connectivity index (χ0n) is 13.8. The van der Waals surface area contributed by atoms with Crippen LogP contribution in [0.2, 0.25) is 0 Å². The van der Waals surface area contributed by atoms with E-state index in [0.29, 0.717) is 13.1 Å². The van der Waals surface area contributed by atoms with E-state index in [0.717, 1.165) is 24.1 Å². The van der Waals surface area contributed by atoms with Crippen molar-refractivity contribution < 1.29 is 9.90 Å². The van der Waals surface area contributed by atoms with Gasteiger partial charge in [-0.3, -0.25) is 0 Å². The third-order valence-electron chi connectivity index (χ3n) is 3.55. The van der Waals surface area contributed by atoms with Gasteiger partial charge in [0.25, 0.3) is 0 Å². The Morgan fingerprint density at radius 1 is 1.41 bits per heavy atom. The number of nitrogens with one attached hydrogen (secondary N) is 1. The molecular formula is C17H26N2O2S. The monoisotopic (exact) mass is 322 g/mol. The normalized spacial score (nSPS) is 19.1. The second kappa shape index (κ2) is 6.92. The average Bonchev–Trinajstić information content (AvgIpc) is 2.40. The molecule has 22 heavy (non-hydrogen) atoms. The molecule has 1 heterocycles. The highest BCUT2D eigenvalue weighted by Crippen LogP contribution is 2.33. The van der Waals surface area contributed by atoms with Crippen molar-refractivity contribution in [3.63, 3.8) is 0 Å². The molecule has 122 valence electrons. The molecule has 0 aliphatic carbocycles. The molecule has 1 saturated heterocycles. The lowest BCUT2D eigenvalue weighted by molar-refractivity contribution is 0.0883. The Bertz CT molecular complexity index is 540. The summed E-state index contributed by atoms with van der Waals surface area (Å²) in [7, 11) is 0. The fraction of sp³-hybridized carbons (Fsp3) is 0.588. The third kappa shape index (κ3) is 4.92. The van der Waals surface area contributed by atoms with Crippen molar-refractivity contribution in [3.8, 4) is 0 Å². The lowest BCUT2D eigenvalue weighted by atomic mass is 10.1. The minimum Gasteiger partial charge on any atom is -0.391 e. The maximum absolute atomic E-state index is 12.3. The van der Waals surface area contributed by atoms with Crippen LogP contribution in [0, 0.1) is 6.92 Å². The summed E-state index contributed by atoms with van der Waals surface area (Å²) in [6.45, 7) is 9.69. The molecule has 1 aromatic rings. The fourth-order valence-electron chi connectivity index (χ4n) is 2.53. The summed E-state index contributed by atoms with van der Waals surface area (Å²) in [5, 5.41) is 12.6. The van der Waals surface area contributed by atoms with Gasteiger partial charge in [0.05, 0.1) is 6.10 Å². The van der Waals surface area contributed by atoms with Gasteiger partial charge >= 0.3 is 6.03 Å². The highest BCUT2D eigenvalue weighted by molar-refractivity contribution is 8.00. The van der Waals surface area contributed by atoms with Gasteiger partial charge in [0.1, 0.15) is 0 Å². The van der Waals surface area contributed by atoms with E-state index in [1.165, 1.54) is 4.90 Å². The zero-order chi connectivity index (χ0) is 16.3. The Kier molecular flexibility index (Phi) is 5.40. The number of nitrogens with zero attached hydrogens (tertiary/aromatic N) is 1. The van der Waals surface area contributed by atoms with Gasteiger partial charge in [-0.25, -0.2) is 4.79 Å². The van der Waals surface area contributed by atoms with E-state index in [9.17, 15) is 9.90 Å². The van der Waals surface area contributed by atoms with E-state index in [1.807, 2.05) is 30.8 Å². The molecule has 1 unspecified atom stereocenters. The minimum atomic E-state index is -0.397. The SMILES string of the molecule is Cc1cc(SC(C)(C)C)ccc1NC(=O)N1CCCC(O)C1. The quantitative estimate of drug-likeness (QED) is 0.813. The Hall–Kier alpha value is -1.20. The predicted octanol–water partition coefficient (Wildman–Crippen LogP) is 3.87. The first-order chi connectivity index (χ1) is 10.2. The smallest absolute Gasteiger partial charge is 0.321 e. The summed E-state index contributed by atoms with van der Waals surface area (Å²) in [5.41, 5.74) is 1.89. The topological polar surface area (TPSA) is 52.6 Å². The summed E-state index contributed by atoms with van der Waals surface area (Å²) >= 11 is 1.81. The summed E-state index contributed by atoms with van der Waals surface area (Å²) in [6.07, 6.45) is 1.24. The van der Waals surface area contributed by atoms with Crippen LogP contribution in [0.4, 0.5) is 10.5 Å². The van der Waals surface area contributed by atoms with Gasteiger partial charge in [-0.1, -0.05) is 20.8 Å². The van der Waals surface area contributed by atoms with Gasteiger partial charge in [0, 0.05) is 28.4 Å². The summed E-state index contributed by atoms with van der Waals surface area (Å²) < 4.78 is 0.168. The Balaban J connectivity index is 2.02. The van der Waals surface area contributed by atoms with Crippen LogP contribution in [0.1, 0.15) is 39.2 Å². The zero-order valence-corrected chi connectivity index (χ0v) is 14.7. The van der Waals surface area contributed by atoms with E-state index in [1.54, 1.807) is 4.90 Å². The van der Waals surface area contributed by atoms with Crippen LogP contribution in [0.25, 0.3) is 0 Å². The number of hydrogen-bond donors (Lipinski definition) is 2. The molecule has 1 aliphatic heterocycles. The largest absolute Gasteiger partial charge is 0.391 e. The number of rotatable bonds is 2. The molecule has 1 aliphatic rings. The Morgan fingerprint density at radius 3 is 2.73 bits per heavy atom. The van der Waals surface area contributed by atoms with Gasteiger partial charge in [0.15, 0.2) is 0 Å². The number of urea groups is 1. The summed E-state index contributed by atoms with van der Waals surface area (Å²) in [6, 6.07) is 5.99. The van der Waals surface area contributed by atoms with Gasteiger partial charge in [0.2, 0.25) is 0 Å². The molecular weight excluding hydrogens is 296 g/mol. The van der Waals surface area contributed by atoms with Crippen LogP contribution in [0.5, 0.6) is 0 Å². The maximum Gasteiger partial charge on any atom is 0.321 e. The lowest BCUT2D eigenvalue weighted by Gasteiger charge is -2.30. The van der Waals surface area contributed by atoms with Crippen molar-refractivity contribution >= 4 is 23.5 Å². The van der Waals surface area contributed by atoms with E-state index in [-0.39, 0.29) is 10.8 Å². The number of amides is 2. The average molecular weight is 322 g/mol. The Labute approximate surface area is 137 Å². The van der Waals surface area contributed by atoms with E-state index in [2.05, 4.69) is 32.2 Å². The number of thioether (sulfide) groups is 1. The lowest BCUT2D eigenvalue weighted by Crippen LogP contribution is -2.44. The first-order valence-corrected chi connectivity index (χ1v) is 8.60. The van der Waals surface area contributed by atoms with Crippen LogP contribution in [0.3, 0.4) is 0 Å². The van der Waals surface area contributed by atoms with Gasteiger partial charge in [-0.05, 0) is 43.5 Å². The van der Waals surface area contributed by atoms with E-state index >= 15 is 0 Å². The van der Waals surface area contributed by atoms with Crippen molar-refractivity contribution in [2.24, 2.45) is 0 Å². The number of carbonyl (C=O) groups excluding carboxylic acids is 1. The molecule has 2 rings (SSSR count). The number of piperidine rings is 1. The van der Waals surface area contributed by atoms with E-state index < -0.39 is 6.10 Å². The minimum absolute atomic E-state index is 0.127. The number of anilines is 1. The molecule has 5 heteroatoms. The number of carbonyl (C=O) groups is 1. The third-order valence-corrected chi connectivity index (χ3v) is 4.65. The number of aliphatic hydroxyl groups excluding tert-OH is 1. The number of likely N-dealkylation sites (tertiary alicyclic amines) is 1. The van der Waals surface area contributed by atoms with Crippen molar-refractivity contribution in [2.75, 3.05) is 18.4 Å². The molecule has 2 amide bonds. The highest BCUT2D eigenvalue weighted by atomic mass is 32.2. The van der Waals surface area contributed by atoms with Crippen LogP contribution in [-0.2, 0) is 0 Å². The first-order valence-electron chi connectivity index (χ1n) is 7.78. The predicted molar refractivity (Wildman–Crippen MR) is 92.6 cm³/mol. The summed E-state index contributed by atoms with van der Waals surface area (Å²) in [5.74, 6) is 0. The molecule has 1 aromatic carbocycles. The highest BCUT2D eigenvalue weighted by Gasteiger charge is 2.22. The van der Waals surface area contributed by atoms with Crippen molar-refractivity contribution in [1.29, 1.82) is 0 Å². The van der Waals surface area contributed by atoms with Crippen molar-refractivity contribution in [3.05, 3.63) is 23.8 Å². The molecule has 0 radical (unpaired) electrons. The molecule has 1 fully saturated rings. The summed E-state index contributed by atoms with van der Waals surface area (Å²) in [4.78, 5) is 15.2. The van der Waals surface area contributed by atoms with Crippen LogP contribution in [0.15, 0.2) is 23.1 Å². The number of β-amino-alcohol motifs (C(OH)–C–C–N with tert-alkyl or cyclic N) is 1.